The largest absolute Gasteiger partial charge is 0.478 e. The second-order valence-electron chi connectivity index (χ2n) is 7.61. The molecule has 1 aliphatic rings. The zero-order valence-electron chi connectivity index (χ0n) is 17.9. The summed E-state index contributed by atoms with van der Waals surface area (Å²) in [4.78, 5) is 34.9. The normalized spacial score (nSPS) is 13.8. The molecule has 1 unspecified atom stereocenters. The van der Waals surface area contributed by atoms with Crippen LogP contribution in [0.3, 0.4) is 0 Å². The molecule has 0 heterocycles. The molecule has 3 N–H and O–H groups in total. The van der Waals surface area contributed by atoms with Crippen molar-refractivity contribution < 1.29 is 33.0 Å². The Bertz CT molecular complexity index is 1020. The second kappa shape index (κ2) is 10.7. The molecule has 3 rings (SSSR count). The highest BCUT2D eigenvalue weighted by atomic mass is 19.3. The highest BCUT2D eigenvalue weighted by Crippen LogP contribution is 2.44. The maximum absolute atomic E-state index is 13.4. The van der Waals surface area contributed by atoms with Crippen LogP contribution in [0.2, 0.25) is 0 Å². The lowest BCUT2D eigenvalue weighted by atomic mass is 9.98. The van der Waals surface area contributed by atoms with Crippen LogP contribution < -0.4 is 10.6 Å². The molecular formula is C24H24F2N2O5. The van der Waals surface area contributed by atoms with Crippen molar-refractivity contribution >= 4 is 18.0 Å². The van der Waals surface area contributed by atoms with Crippen LogP contribution in [-0.4, -0.2) is 48.7 Å². The zero-order chi connectivity index (χ0) is 24.0. The molecule has 2 aromatic rings. The molecule has 0 saturated heterocycles. The summed E-state index contributed by atoms with van der Waals surface area (Å²) in [5, 5.41) is 13.1. The van der Waals surface area contributed by atoms with Gasteiger partial charge in [0.2, 0.25) is 5.91 Å². The first-order chi connectivity index (χ1) is 15.8. The van der Waals surface area contributed by atoms with E-state index in [9.17, 15) is 23.2 Å². The lowest BCUT2D eigenvalue weighted by Crippen LogP contribution is -2.44. The molecule has 0 saturated carbocycles. The number of carboxylic acids is 1. The van der Waals surface area contributed by atoms with Gasteiger partial charge >= 0.3 is 12.1 Å². The Balaban J connectivity index is 1.56. The Morgan fingerprint density at radius 1 is 1.06 bits per heavy atom. The lowest BCUT2D eigenvalue weighted by molar-refractivity contribution is -0.132. The average molecular weight is 458 g/mol. The number of halogens is 2. The van der Waals surface area contributed by atoms with Crippen LogP contribution in [0.25, 0.3) is 11.1 Å². The number of ether oxygens (including phenoxy) is 1. The number of nitrogens with one attached hydrogen (secondary N) is 2. The van der Waals surface area contributed by atoms with Gasteiger partial charge in [-0.2, -0.15) is 0 Å². The number of benzene rings is 2. The maximum Gasteiger partial charge on any atom is 0.407 e. The van der Waals surface area contributed by atoms with Gasteiger partial charge in [-0.3, -0.25) is 4.79 Å². The number of alkyl carbamates (subject to hydrolysis) is 1. The molecule has 1 atom stereocenters. The van der Waals surface area contributed by atoms with E-state index < -0.39 is 36.9 Å². The number of carbonyl (C=O) groups excluding carboxylic acids is 2. The number of rotatable bonds is 9. The standard InChI is InChI=1S/C24H24F2N2O5/c1-14(23(30)31)10-11-27-21(29)12-20(22(25)26)28-24(32)33-13-19-17-8-4-2-6-15(17)16-7-3-5-9-18(16)19/h2-10,19-20,22H,11-13H2,1H3,(H,27,29)(H,28,32)(H,30,31)/b14-10+. The second-order valence-corrected chi connectivity index (χ2v) is 7.61. The fourth-order valence-electron chi connectivity index (χ4n) is 3.67. The first kappa shape index (κ1) is 23.9. The number of carbonyl (C=O) groups is 3. The molecule has 9 heteroatoms. The van der Waals surface area contributed by atoms with Gasteiger partial charge in [0.05, 0.1) is 6.42 Å². The summed E-state index contributed by atoms with van der Waals surface area (Å²) in [6.07, 6.45) is -3.47. The van der Waals surface area contributed by atoms with Crippen molar-refractivity contribution in [1.29, 1.82) is 0 Å². The summed E-state index contributed by atoms with van der Waals surface area (Å²) >= 11 is 0. The number of hydrogen-bond acceptors (Lipinski definition) is 4. The zero-order valence-corrected chi connectivity index (χ0v) is 17.9. The van der Waals surface area contributed by atoms with Crippen molar-refractivity contribution in [2.75, 3.05) is 13.2 Å². The minimum atomic E-state index is -2.99. The third-order valence-electron chi connectivity index (χ3n) is 5.40. The third-order valence-corrected chi connectivity index (χ3v) is 5.40. The molecule has 2 amide bonds. The van der Waals surface area contributed by atoms with Crippen LogP contribution in [0.5, 0.6) is 0 Å². The van der Waals surface area contributed by atoms with E-state index in [0.717, 1.165) is 22.3 Å². The van der Waals surface area contributed by atoms with Crippen LogP contribution in [0.15, 0.2) is 60.2 Å². The molecule has 174 valence electrons. The van der Waals surface area contributed by atoms with Gasteiger partial charge in [0.25, 0.3) is 6.43 Å². The highest BCUT2D eigenvalue weighted by Gasteiger charge is 2.30. The summed E-state index contributed by atoms with van der Waals surface area (Å²) in [6, 6.07) is 13.7. The first-order valence-corrected chi connectivity index (χ1v) is 10.3. The number of hydrogen-bond donors (Lipinski definition) is 3. The summed E-state index contributed by atoms with van der Waals surface area (Å²) in [6.45, 7) is 1.17. The Morgan fingerprint density at radius 2 is 1.64 bits per heavy atom. The minimum absolute atomic E-state index is 0.0115. The van der Waals surface area contributed by atoms with Crippen LogP contribution in [-0.2, 0) is 14.3 Å². The molecule has 0 spiro atoms. The molecular weight excluding hydrogens is 434 g/mol. The molecule has 1 aliphatic carbocycles. The van der Waals surface area contributed by atoms with Gasteiger partial charge in [0.15, 0.2) is 0 Å². The smallest absolute Gasteiger partial charge is 0.407 e. The SMILES string of the molecule is C/C(=C\CNC(=O)CC(NC(=O)OCC1c2ccccc2-c2ccccc21)C(F)F)C(=O)O. The predicted molar refractivity (Wildman–Crippen MR) is 117 cm³/mol. The van der Waals surface area contributed by atoms with Crippen molar-refractivity contribution in [3.8, 4) is 11.1 Å². The molecule has 2 aromatic carbocycles. The van der Waals surface area contributed by atoms with Gasteiger partial charge < -0.3 is 20.5 Å². The summed E-state index contributed by atoms with van der Waals surface area (Å²) in [5.41, 5.74) is 4.06. The Hall–Kier alpha value is -3.75. The quantitative estimate of drug-likeness (QED) is 0.497. The number of carboxylic acid groups (broad SMARTS) is 1. The van der Waals surface area contributed by atoms with Gasteiger partial charge in [-0.1, -0.05) is 54.6 Å². The molecule has 0 radical (unpaired) electrons. The Kier molecular flexibility index (Phi) is 7.76. The summed E-state index contributed by atoms with van der Waals surface area (Å²) in [7, 11) is 0. The monoisotopic (exact) mass is 458 g/mol. The van der Waals surface area contributed by atoms with Crippen molar-refractivity contribution in [1.82, 2.24) is 10.6 Å². The lowest BCUT2D eigenvalue weighted by Gasteiger charge is -2.19. The molecule has 0 bridgehead atoms. The van der Waals surface area contributed by atoms with E-state index in [-0.39, 0.29) is 24.6 Å². The number of alkyl halides is 2. The van der Waals surface area contributed by atoms with E-state index in [1.165, 1.54) is 13.0 Å². The van der Waals surface area contributed by atoms with E-state index in [0.29, 0.717) is 0 Å². The van der Waals surface area contributed by atoms with Crippen LogP contribution in [0.1, 0.15) is 30.4 Å². The van der Waals surface area contributed by atoms with Gasteiger partial charge in [-0.05, 0) is 29.2 Å². The average Bonchev–Trinajstić information content (AvgIpc) is 3.10. The topological polar surface area (TPSA) is 105 Å². The summed E-state index contributed by atoms with van der Waals surface area (Å²) < 4.78 is 32.0. The highest BCUT2D eigenvalue weighted by molar-refractivity contribution is 5.86. The van der Waals surface area contributed by atoms with Gasteiger partial charge in [-0.25, -0.2) is 18.4 Å². The van der Waals surface area contributed by atoms with E-state index in [4.69, 9.17) is 9.84 Å². The van der Waals surface area contributed by atoms with Crippen molar-refractivity contribution in [3.63, 3.8) is 0 Å². The predicted octanol–water partition coefficient (Wildman–Crippen LogP) is 3.70. The Morgan fingerprint density at radius 3 is 2.18 bits per heavy atom. The molecule has 0 aromatic heterocycles. The minimum Gasteiger partial charge on any atom is -0.478 e. The van der Waals surface area contributed by atoms with Crippen LogP contribution in [0, 0.1) is 0 Å². The van der Waals surface area contributed by atoms with Crippen molar-refractivity contribution in [3.05, 3.63) is 71.3 Å². The van der Waals surface area contributed by atoms with Crippen molar-refractivity contribution in [2.45, 2.75) is 31.7 Å². The molecule has 33 heavy (non-hydrogen) atoms. The third kappa shape index (κ3) is 5.94. The van der Waals surface area contributed by atoms with Gasteiger partial charge in [0, 0.05) is 18.0 Å². The van der Waals surface area contributed by atoms with Crippen LogP contribution >= 0.6 is 0 Å². The molecule has 0 fully saturated rings. The van der Waals surface area contributed by atoms with Gasteiger partial charge in [-0.15, -0.1) is 0 Å². The van der Waals surface area contributed by atoms with Gasteiger partial charge in [0.1, 0.15) is 12.6 Å². The van der Waals surface area contributed by atoms with Crippen molar-refractivity contribution in [2.24, 2.45) is 0 Å². The van der Waals surface area contributed by atoms with E-state index in [2.05, 4.69) is 10.6 Å². The van der Waals surface area contributed by atoms with E-state index in [1.54, 1.807) is 0 Å². The van der Waals surface area contributed by atoms with Crippen LogP contribution in [0.4, 0.5) is 13.6 Å². The fourth-order valence-corrected chi connectivity index (χ4v) is 3.67. The first-order valence-electron chi connectivity index (χ1n) is 10.3. The Labute approximate surface area is 189 Å². The number of aliphatic carboxylic acids is 1. The van der Waals surface area contributed by atoms with E-state index >= 15 is 0 Å². The fraction of sp³-hybridized carbons (Fsp3) is 0.292. The number of amides is 2. The number of fused-ring (bicyclic) bond motifs is 3. The molecule has 0 aliphatic heterocycles. The molecule has 7 nitrogen and oxygen atoms in total. The maximum atomic E-state index is 13.4. The van der Waals surface area contributed by atoms with E-state index in [1.807, 2.05) is 48.5 Å². The summed E-state index contributed by atoms with van der Waals surface area (Å²) in [5.74, 6) is -2.12.